The van der Waals surface area contributed by atoms with E-state index in [2.05, 4.69) is 15.3 Å². The molecule has 0 fully saturated rings. The summed E-state index contributed by atoms with van der Waals surface area (Å²) in [6.07, 6.45) is 0. The molecule has 0 unspecified atom stereocenters. The molecule has 0 aliphatic heterocycles. The Bertz CT molecular complexity index is 1180. The Morgan fingerprint density at radius 2 is 1.79 bits per heavy atom. The van der Waals surface area contributed by atoms with Gasteiger partial charge in [0.2, 0.25) is 15.9 Å². The van der Waals surface area contributed by atoms with E-state index in [9.17, 15) is 18.0 Å². The molecule has 1 aromatic heterocycles. The first kappa shape index (κ1) is 20.8. The number of benzene rings is 2. The van der Waals surface area contributed by atoms with Gasteiger partial charge in [0, 0.05) is 17.3 Å². The molecule has 4 N–H and O–H groups in total. The van der Waals surface area contributed by atoms with Gasteiger partial charge in [0.15, 0.2) is 5.16 Å². The fourth-order valence-electron chi connectivity index (χ4n) is 2.44. The van der Waals surface area contributed by atoms with Gasteiger partial charge in [-0.2, -0.15) is 0 Å². The van der Waals surface area contributed by atoms with E-state index in [0.717, 1.165) is 17.3 Å². The van der Waals surface area contributed by atoms with Gasteiger partial charge in [-0.1, -0.05) is 42.1 Å². The Hall–Kier alpha value is -2.95. The van der Waals surface area contributed by atoms with Crippen molar-refractivity contribution in [2.75, 3.05) is 5.32 Å². The molecule has 3 aromatic rings. The van der Waals surface area contributed by atoms with E-state index in [0.29, 0.717) is 16.5 Å². The number of carbonyl (C=O) groups is 1. The number of nitrogens with two attached hydrogens (primary N) is 1. The third-order valence-corrected chi connectivity index (χ3v) is 5.81. The van der Waals surface area contributed by atoms with Crippen molar-refractivity contribution in [1.82, 2.24) is 9.97 Å². The highest BCUT2D eigenvalue weighted by Gasteiger charge is 2.17. The Morgan fingerprint density at radius 3 is 2.41 bits per heavy atom. The van der Waals surface area contributed by atoms with Crippen LogP contribution < -0.4 is 16.0 Å². The smallest absolute Gasteiger partial charge is 0.252 e. The highest BCUT2D eigenvalue weighted by molar-refractivity contribution is 8.00. The minimum Gasteiger partial charge on any atom is -0.325 e. The topological polar surface area (TPSA) is 135 Å². The maximum atomic E-state index is 12.4. The van der Waals surface area contributed by atoms with Crippen molar-refractivity contribution in [1.29, 1.82) is 0 Å². The molecule has 1 atom stereocenters. The predicted octanol–water partition coefficient (Wildman–Crippen LogP) is 2.20. The zero-order valence-electron chi connectivity index (χ0n) is 15.3. The maximum Gasteiger partial charge on any atom is 0.252 e. The molecular weight excluding hydrogens is 412 g/mol. The van der Waals surface area contributed by atoms with Crippen LogP contribution in [0.1, 0.15) is 6.92 Å². The van der Waals surface area contributed by atoms with Gasteiger partial charge in [-0.15, -0.1) is 0 Å². The highest BCUT2D eigenvalue weighted by Crippen LogP contribution is 2.23. The lowest BCUT2D eigenvalue weighted by Crippen LogP contribution is -2.23. The number of thioether (sulfide) groups is 1. The molecule has 0 radical (unpaired) electrons. The number of aromatic nitrogens is 2. The quantitative estimate of drug-likeness (QED) is 0.405. The number of carbonyl (C=O) groups excluding carboxylic acids is 1. The first-order valence-corrected chi connectivity index (χ1v) is 10.9. The highest BCUT2D eigenvalue weighted by atomic mass is 32.2. The van der Waals surface area contributed by atoms with Gasteiger partial charge >= 0.3 is 0 Å². The number of H-pyrrole nitrogens is 1. The molecule has 1 amide bonds. The van der Waals surface area contributed by atoms with Gasteiger partial charge in [0.25, 0.3) is 5.56 Å². The van der Waals surface area contributed by atoms with Gasteiger partial charge in [-0.05, 0) is 31.2 Å². The van der Waals surface area contributed by atoms with Crippen LogP contribution in [0.5, 0.6) is 0 Å². The average molecular weight is 431 g/mol. The second-order valence-corrected chi connectivity index (χ2v) is 9.01. The largest absolute Gasteiger partial charge is 0.325 e. The molecule has 8 nitrogen and oxygen atoms in total. The minimum absolute atomic E-state index is 0.0441. The Kier molecular flexibility index (Phi) is 6.16. The Labute approximate surface area is 171 Å². The van der Waals surface area contributed by atoms with Crippen LogP contribution in [-0.2, 0) is 14.8 Å². The molecule has 0 saturated heterocycles. The van der Waals surface area contributed by atoms with Crippen LogP contribution in [-0.4, -0.2) is 29.5 Å². The van der Waals surface area contributed by atoms with E-state index in [1.807, 2.05) is 30.3 Å². The third kappa shape index (κ3) is 5.53. The van der Waals surface area contributed by atoms with E-state index in [4.69, 9.17) is 5.14 Å². The number of hydrogen-bond acceptors (Lipinski definition) is 6. The lowest BCUT2D eigenvalue weighted by molar-refractivity contribution is -0.115. The third-order valence-electron chi connectivity index (χ3n) is 3.90. The first-order chi connectivity index (χ1) is 13.7. The van der Waals surface area contributed by atoms with Crippen molar-refractivity contribution in [3.63, 3.8) is 0 Å². The molecular formula is C19H18N4O4S2. The maximum absolute atomic E-state index is 12.4. The SMILES string of the molecule is C[C@H](Sc1nc(-c2ccccc2)cc(=O)[nH]1)C(=O)Nc1ccc(S(N)(=O)=O)cc1. The van der Waals surface area contributed by atoms with E-state index in [1.54, 1.807) is 6.92 Å². The van der Waals surface area contributed by atoms with Gasteiger partial charge in [0.05, 0.1) is 15.8 Å². The first-order valence-electron chi connectivity index (χ1n) is 8.49. The second kappa shape index (κ2) is 8.60. The number of hydrogen-bond donors (Lipinski definition) is 3. The summed E-state index contributed by atoms with van der Waals surface area (Å²) in [6.45, 7) is 1.67. The predicted molar refractivity (Wildman–Crippen MR) is 112 cm³/mol. The fraction of sp³-hybridized carbons (Fsp3) is 0.105. The summed E-state index contributed by atoms with van der Waals surface area (Å²) in [7, 11) is -3.80. The molecule has 3 rings (SSSR count). The Morgan fingerprint density at radius 1 is 1.14 bits per heavy atom. The summed E-state index contributed by atoms with van der Waals surface area (Å²) >= 11 is 1.11. The summed E-state index contributed by atoms with van der Waals surface area (Å²) in [5.41, 5.74) is 1.43. The summed E-state index contributed by atoms with van der Waals surface area (Å²) in [5, 5.41) is 7.50. The van der Waals surface area contributed by atoms with E-state index in [-0.39, 0.29) is 16.4 Å². The standard InChI is InChI=1S/C19H18N4O4S2/c1-12(18(25)21-14-7-9-15(10-8-14)29(20,26)27)28-19-22-16(11-17(24)23-19)13-5-3-2-4-6-13/h2-12H,1H3,(H,21,25)(H2,20,26,27)(H,22,23,24)/t12-/m0/s1. The van der Waals surface area contributed by atoms with Crippen molar-refractivity contribution in [2.24, 2.45) is 5.14 Å². The van der Waals surface area contributed by atoms with Gasteiger partial charge < -0.3 is 10.3 Å². The molecule has 0 spiro atoms. The number of nitrogens with zero attached hydrogens (tertiary/aromatic N) is 1. The van der Waals surface area contributed by atoms with Gasteiger partial charge in [0.1, 0.15) is 0 Å². The van der Waals surface area contributed by atoms with E-state index in [1.165, 1.54) is 30.3 Å². The summed E-state index contributed by atoms with van der Waals surface area (Å²) in [4.78, 5) is 31.4. The van der Waals surface area contributed by atoms with Crippen molar-refractivity contribution >= 4 is 33.4 Å². The normalized spacial score (nSPS) is 12.3. The van der Waals surface area contributed by atoms with Crippen molar-refractivity contribution in [3.05, 3.63) is 71.0 Å². The number of rotatable bonds is 6. The van der Waals surface area contributed by atoms with Crippen molar-refractivity contribution in [2.45, 2.75) is 22.2 Å². The zero-order chi connectivity index (χ0) is 21.0. The summed E-state index contributed by atoms with van der Waals surface area (Å²) < 4.78 is 22.6. The monoisotopic (exact) mass is 430 g/mol. The molecule has 29 heavy (non-hydrogen) atoms. The Balaban J connectivity index is 1.71. The van der Waals surface area contributed by atoms with Crippen molar-refractivity contribution < 1.29 is 13.2 Å². The number of aromatic amines is 1. The van der Waals surface area contributed by atoms with Gasteiger partial charge in [-0.3, -0.25) is 9.59 Å². The number of anilines is 1. The fourth-order valence-corrected chi connectivity index (χ4v) is 3.77. The number of amides is 1. The lowest BCUT2D eigenvalue weighted by atomic mass is 10.1. The molecule has 0 bridgehead atoms. The molecule has 1 heterocycles. The van der Waals surface area contributed by atoms with Crippen LogP contribution in [0, 0.1) is 0 Å². The van der Waals surface area contributed by atoms with Crippen LogP contribution in [0.2, 0.25) is 0 Å². The van der Waals surface area contributed by atoms with Crippen molar-refractivity contribution in [3.8, 4) is 11.3 Å². The second-order valence-electron chi connectivity index (χ2n) is 6.12. The number of nitrogens with one attached hydrogen (secondary N) is 2. The van der Waals surface area contributed by atoms with Gasteiger partial charge in [-0.25, -0.2) is 18.5 Å². The van der Waals surface area contributed by atoms with Crippen LogP contribution in [0.25, 0.3) is 11.3 Å². The summed E-state index contributed by atoms with van der Waals surface area (Å²) in [5.74, 6) is -0.328. The molecule has 0 saturated carbocycles. The lowest BCUT2D eigenvalue weighted by Gasteiger charge is -2.12. The molecule has 0 aliphatic rings. The molecule has 10 heteroatoms. The van der Waals surface area contributed by atoms with Crippen LogP contribution in [0.4, 0.5) is 5.69 Å². The number of primary sulfonamides is 1. The zero-order valence-corrected chi connectivity index (χ0v) is 17.0. The average Bonchev–Trinajstić information content (AvgIpc) is 2.68. The van der Waals surface area contributed by atoms with Crippen LogP contribution >= 0.6 is 11.8 Å². The molecule has 150 valence electrons. The van der Waals surface area contributed by atoms with E-state index < -0.39 is 15.3 Å². The van der Waals surface area contributed by atoms with E-state index >= 15 is 0 Å². The molecule has 0 aliphatic carbocycles. The minimum atomic E-state index is -3.80. The van der Waals surface area contributed by atoms with Crippen LogP contribution in [0.3, 0.4) is 0 Å². The van der Waals surface area contributed by atoms with Crippen LogP contribution in [0.15, 0.2) is 75.5 Å². The number of sulfonamides is 1. The molecule has 2 aromatic carbocycles. The summed E-state index contributed by atoms with van der Waals surface area (Å²) in [6, 6.07) is 16.2.